The molecule has 1 aliphatic heterocycles. The second-order valence-corrected chi connectivity index (χ2v) is 4.92. The molecule has 0 saturated carbocycles. The molecule has 1 aliphatic rings. The minimum Gasteiger partial charge on any atom is -0.481 e. The Bertz CT molecular complexity index is 431. The number of rotatable bonds is 5. The molecule has 1 heterocycles. The Labute approximate surface area is 113 Å². The minimum absolute atomic E-state index is 0.202. The van der Waals surface area contributed by atoms with Gasteiger partial charge in [-0.05, 0) is 24.9 Å². The first-order chi connectivity index (χ1) is 9.25. The van der Waals surface area contributed by atoms with Crippen LogP contribution in [0.2, 0.25) is 0 Å². The first-order valence-corrected chi connectivity index (χ1v) is 6.76. The van der Waals surface area contributed by atoms with E-state index in [-0.39, 0.29) is 5.92 Å². The summed E-state index contributed by atoms with van der Waals surface area (Å²) in [5, 5.41) is 9.02. The summed E-state index contributed by atoms with van der Waals surface area (Å²) in [7, 11) is 0. The molecule has 19 heavy (non-hydrogen) atoms. The van der Waals surface area contributed by atoms with Crippen molar-refractivity contribution < 1.29 is 9.90 Å². The van der Waals surface area contributed by atoms with Crippen LogP contribution in [0.5, 0.6) is 0 Å². The predicted octanol–water partition coefficient (Wildman–Crippen LogP) is 1.90. The first kappa shape index (κ1) is 13.7. The van der Waals surface area contributed by atoms with Gasteiger partial charge in [0.2, 0.25) is 0 Å². The van der Waals surface area contributed by atoms with Crippen LogP contribution >= 0.6 is 0 Å². The van der Waals surface area contributed by atoms with E-state index >= 15 is 0 Å². The molecule has 0 aromatic heterocycles. The molecular formula is C15H20N2O2. The fourth-order valence-corrected chi connectivity index (χ4v) is 2.37. The number of piperidine rings is 1. The van der Waals surface area contributed by atoms with Gasteiger partial charge < -0.3 is 10.0 Å². The lowest BCUT2D eigenvalue weighted by atomic mass is 9.98. The van der Waals surface area contributed by atoms with Crippen LogP contribution in [0.1, 0.15) is 18.4 Å². The summed E-state index contributed by atoms with van der Waals surface area (Å²) < 4.78 is 0. The Balaban J connectivity index is 1.73. The van der Waals surface area contributed by atoms with Gasteiger partial charge >= 0.3 is 5.97 Å². The van der Waals surface area contributed by atoms with Crippen molar-refractivity contribution in [3.05, 3.63) is 35.9 Å². The van der Waals surface area contributed by atoms with Crippen LogP contribution in [0, 0.1) is 5.92 Å². The number of hydrogen-bond donors (Lipinski definition) is 1. The molecule has 1 unspecified atom stereocenters. The molecule has 0 bridgehead atoms. The van der Waals surface area contributed by atoms with Crippen molar-refractivity contribution in [2.24, 2.45) is 10.9 Å². The molecule has 1 fully saturated rings. The number of carboxylic acids is 1. The Morgan fingerprint density at radius 2 is 2.21 bits per heavy atom. The SMILES string of the molecule is O=C(O)C1CCCN(CCN=Cc2ccccc2)C1. The van der Waals surface area contributed by atoms with E-state index in [1.165, 1.54) is 0 Å². The van der Waals surface area contributed by atoms with E-state index < -0.39 is 5.97 Å². The number of carbonyl (C=O) groups is 1. The number of benzene rings is 1. The van der Waals surface area contributed by atoms with Gasteiger partial charge in [-0.1, -0.05) is 30.3 Å². The molecule has 4 nitrogen and oxygen atoms in total. The topological polar surface area (TPSA) is 52.9 Å². The third-order valence-corrected chi connectivity index (χ3v) is 3.44. The first-order valence-electron chi connectivity index (χ1n) is 6.76. The zero-order valence-corrected chi connectivity index (χ0v) is 11.0. The fraction of sp³-hybridized carbons (Fsp3) is 0.467. The van der Waals surface area contributed by atoms with E-state index in [0.717, 1.165) is 38.0 Å². The zero-order valence-electron chi connectivity index (χ0n) is 11.0. The highest BCUT2D eigenvalue weighted by molar-refractivity contribution is 5.79. The lowest BCUT2D eigenvalue weighted by Crippen LogP contribution is -2.39. The highest BCUT2D eigenvalue weighted by Gasteiger charge is 2.24. The number of aliphatic carboxylic acids is 1. The van der Waals surface area contributed by atoms with Crippen LogP contribution in [-0.4, -0.2) is 48.4 Å². The molecule has 2 rings (SSSR count). The number of hydrogen-bond acceptors (Lipinski definition) is 3. The maximum absolute atomic E-state index is 11.0. The maximum atomic E-state index is 11.0. The fourth-order valence-electron chi connectivity index (χ4n) is 2.37. The summed E-state index contributed by atoms with van der Waals surface area (Å²) in [6.07, 6.45) is 3.65. The van der Waals surface area contributed by atoms with Crippen LogP contribution in [0.4, 0.5) is 0 Å². The maximum Gasteiger partial charge on any atom is 0.307 e. The van der Waals surface area contributed by atoms with Crippen LogP contribution in [-0.2, 0) is 4.79 Å². The van der Waals surface area contributed by atoms with Crippen molar-refractivity contribution in [3.63, 3.8) is 0 Å². The molecule has 0 radical (unpaired) electrons. The molecule has 0 amide bonds. The largest absolute Gasteiger partial charge is 0.481 e. The molecule has 0 spiro atoms. The molecule has 1 N–H and O–H groups in total. The van der Waals surface area contributed by atoms with Crippen molar-refractivity contribution in [1.82, 2.24) is 4.90 Å². The summed E-state index contributed by atoms with van der Waals surface area (Å²) in [5.41, 5.74) is 1.10. The summed E-state index contributed by atoms with van der Waals surface area (Å²) >= 11 is 0. The normalized spacial score (nSPS) is 20.7. The van der Waals surface area contributed by atoms with Crippen molar-refractivity contribution in [3.8, 4) is 0 Å². The molecule has 1 aromatic carbocycles. The molecule has 102 valence electrons. The van der Waals surface area contributed by atoms with E-state index in [1.807, 2.05) is 36.5 Å². The van der Waals surface area contributed by atoms with Crippen molar-refractivity contribution >= 4 is 12.2 Å². The van der Waals surface area contributed by atoms with E-state index in [2.05, 4.69) is 9.89 Å². The zero-order chi connectivity index (χ0) is 13.5. The minimum atomic E-state index is -0.669. The van der Waals surface area contributed by atoms with E-state index in [9.17, 15) is 4.79 Å². The third-order valence-electron chi connectivity index (χ3n) is 3.44. The summed E-state index contributed by atoms with van der Waals surface area (Å²) in [5.74, 6) is -0.871. The van der Waals surface area contributed by atoms with Gasteiger partial charge in [0.1, 0.15) is 0 Å². The van der Waals surface area contributed by atoms with Crippen molar-refractivity contribution in [1.29, 1.82) is 0 Å². The van der Waals surface area contributed by atoms with Crippen LogP contribution in [0.3, 0.4) is 0 Å². The average Bonchev–Trinajstić information content (AvgIpc) is 2.45. The van der Waals surface area contributed by atoms with Gasteiger partial charge in [0, 0.05) is 19.3 Å². The smallest absolute Gasteiger partial charge is 0.307 e. The predicted molar refractivity (Wildman–Crippen MR) is 75.7 cm³/mol. The Morgan fingerprint density at radius 1 is 1.42 bits per heavy atom. The Morgan fingerprint density at radius 3 is 2.95 bits per heavy atom. The number of likely N-dealkylation sites (tertiary alicyclic amines) is 1. The summed E-state index contributed by atoms with van der Waals surface area (Å²) in [4.78, 5) is 17.5. The van der Waals surface area contributed by atoms with Crippen LogP contribution in [0.25, 0.3) is 0 Å². The third kappa shape index (κ3) is 4.48. The second-order valence-electron chi connectivity index (χ2n) is 4.92. The van der Waals surface area contributed by atoms with Gasteiger partial charge in [-0.15, -0.1) is 0 Å². The lowest BCUT2D eigenvalue weighted by molar-refractivity contribution is -0.143. The summed E-state index contributed by atoms with van der Waals surface area (Å²) in [6, 6.07) is 10.00. The van der Waals surface area contributed by atoms with Crippen LogP contribution in [0.15, 0.2) is 35.3 Å². The van der Waals surface area contributed by atoms with E-state index in [4.69, 9.17) is 5.11 Å². The Kier molecular flexibility index (Phi) is 5.10. The van der Waals surface area contributed by atoms with Gasteiger partial charge in [0.25, 0.3) is 0 Å². The molecule has 1 aromatic rings. The monoisotopic (exact) mass is 260 g/mol. The van der Waals surface area contributed by atoms with Gasteiger partial charge in [-0.2, -0.15) is 0 Å². The lowest BCUT2D eigenvalue weighted by Gasteiger charge is -2.29. The molecule has 1 saturated heterocycles. The van der Waals surface area contributed by atoms with E-state index in [0.29, 0.717) is 6.54 Å². The highest BCUT2D eigenvalue weighted by Crippen LogP contribution is 2.16. The number of nitrogens with zero attached hydrogens (tertiary/aromatic N) is 2. The standard InChI is InChI=1S/C15H20N2O2/c18-15(19)14-7-4-9-17(12-14)10-8-16-11-13-5-2-1-3-6-13/h1-3,5-6,11,14H,4,7-10,12H2,(H,18,19). The Hall–Kier alpha value is -1.68. The van der Waals surface area contributed by atoms with E-state index in [1.54, 1.807) is 0 Å². The second kappa shape index (κ2) is 7.04. The van der Waals surface area contributed by atoms with Crippen LogP contribution < -0.4 is 0 Å². The molecule has 4 heteroatoms. The molecular weight excluding hydrogens is 240 g/mol. The number of carboxylic acid groups (broad SMARTS) is 1. The molecule has 0 aliphatic carbocycles. The van der Waals surface area contributed by atoms with Gasteiger partial charge in [0.15, 0.2) is 0 Å². The van der Waals surface area contributed by atoms with Gasteiger partial charge in [-0.25, -0.2) is 0 Å². The van der Waals surface area contributed by atoms with Crippen molar-refractivity contribution in [2.45, 2.75) is 12.8 Å². The van der Waals surface area contributed by atoms with Gasteiger partial charge in [0.05, 0.1) is 12.5 Å². The summed E-state index contributed by atoms with van der Waals surface area (Å²) in [6.45, 7) is 3.22. The number of aliphatic imine (C=N–C) groups is 1. The highest BCUT2D eigenvalue weighted by atomic mass is 16.4. The van der Waals surface area contributed by atoms with Gasteiger partial charge in [-0.3, -0.25) is 9.79 Å². The average molecular weight is 260 g/mol. The quantitative estimate of drug-likeness (QED) is 0.823. The molecule has 1 atom stereocenters. The van der Waals surface area contributed by atoms with Crippen molar-refractivity contribution in [2.75, 3.05) is 26.2 Å².